The van der Waals surface area contributed by atoms with Crippen molar-refractivity contribution in [2.45, 2.75) is 51.8 Å². The fourth-order valence-electron chi connectivity index (χ4n) is 2.82. The van der Waals surface area contributed by atoms with Crippen LogP contribution in [0.15, 0.2) is 12.3 Å². The van der Waals surface area contributed by atoms with Gasteiger partial charge in [-0.3, -0.25) is 9.69 Å². The maximum absolute atomic E-state index is 13.4. The number of carbonyl (C=O) groups is 3. The minimum Gasteiger partial charge on any atom is -0.482 e. The van der Waals surface area contributed by atoms with E-state index in [0.717, 1.165) is 6.07 Å². The van der Waals surface area contributed by atoms with E-state index >= 15 is 0 Å². The molecule has 2 amide bonds. The van der Waals surface area contributed by atoms with Crippen molar-refractivity contribution in [2.75, 3.05) is 19.4 Å². The van der Waals surface area contributed by atoms with Crippen molar-refractivity contribution < 1.29 is 33.0 Å². The predicted octanol–water partition coefficient (Wildman–Crippen LogP) is 2.47. The Balaban J connectivity index is 1.98. The first-order valence-corrected chi connectivity index (χ1v) is 12.0. The first kappa shape index (κ1) is 24.9. The van der Waals surface area contributed by atoms with Crippen molar-refractivity contribution in [3.05, 3.63) is 23.2 Å². The molecule has 0 bridgehead atoms. The van der Waals surface area contributed by atoms with Gasteiger partial charge in [0.15, 0.2) is 26.5 Å². The van der Waals surface area contributed by atoms with Gasteiger partial charge < -0.3 is 19.2 Å². The van der Waals surface area contributed by atoms with Crippen LogP contribution >= 0.6 is 11.6 Å². The maximum Gasteiger partial charge on any atom is 0.410 e. The zero-order valence-electron chi connectivity index (χ0n) is 17.9. The van der Waals surface area contributed by atoms with Crippen LogP contribution in [0.2, 0.25) is 11.2 Å². The number of ether oxygens (including phenoxy) is 3. The van der Waals surface area contributed by atoms with Gasteiger partial charge in [-0.15, -0.1) is 0 Å². The highest BCUT2D eigenvalue weighted by atomic mass is 35.5. The number of nitrogens with one attached hydrogen (secondary N) is 1. The Morgan fingerprint density at radius 3 is 2.71 bits per heavy atom. The molecule has 171 valence electrons. The first-order chi connectivity index (χ1) is 14.5. The lowest BCUT2D eigenvalue weighted by Gasteiger charge is -2.38. The van der Waals surface area contributed by atoms with Crippen LogP contribution in [0.3, 0.4) is 0 Å². The van der Waals surface area contributed by atoms with Crippen molar-refractivity contribution in [1.82, 2.24) is 14.9 Å². The third-order valence-electron chi connectivity index (χ3n) is 4.10. The standard InChI is InChI=1S/C19H26ClFN3O6Si/c1-5-28-17(26)14-6-7-31(11-24(14)18(27)30-19(2,3)4)23-15(25)10-29-12-8-13(21)16(20)22-9-12/h8-9,14H,5-7,10-11H2,1-4H3,(H,23,25)/t14-/m1/s1. The number of hydrogen-bond acceptors (Lipinski definition) is 7. The highest BCUT2D eigenvalue weighted by Gasteiger charge is 2.40. The van der Waals surface area contributed by atoms with Crippen molar-refractivity contribution in [3.8, 4) is 5.75 Å². The summed E-state index contributed by atoms with van der Waals surface area (Å²) in [5.74, 6) is -1.61. The summed E-state index contributed by atoms with van der Waals surface area (Å²) >= 11 is 5.51. The highest BCUT2D eigenvalue weighted by Crippen LogP contribution is 2.22. The number of halogens is 2. The monoisotopic (exact) mass is 474 g/mol. The maximum atomic E-state index is 13.4. The van der Waals surface area contributed by atoms with Crippen LogP contribution in [0.4, 0.5) is 9.18 Å². The zero-order valence-corrected chi connectivity index (χ0v) is 19.6. The highest BCUT2D eigenvalue weighted by molar-refractivity contribution is 6.59. The number of nitrogens with zero attached hydrogens (tertiary/aromatic N) is 2. The molecule has 12 heteroatoms. The van der Waals surface area contributed by atoms with E-state index in [2.05, 4.69) is 9.97 Å². The number of hydrogen-bond donors (Lipinski definition) is 1. The smallest absolute Gasteiger partial charge is 0.410 e. The Kier molecular flexibility index (Phi) is 8.63. The second-order valence-electron chi connectivity index (χ2n) is 7.80. The molecule has 1 atom stereocenters. The summed E-state index contributed by atoms with van der Waals surface area (Å²) in [4.78, 5) is 45.0. The fraction of sp³-hybridized carbons (Fsp3) is 0.579. The topological polar surface area (TPSA) is 107 Å². The van der Waals surface area contributed by atoms with Crippen LogP contribution in [0.25, 0.3) is 0 Å². The Bertz CT molecular complexity index is 822. The van der Waals surface area contributed by atoms with Crippen molar-refractivity contribution >= 4 is 38.5 Å². The number of pyridine rings is 1. The van der Waals surface area contributed by atoms with E-state index in [1.54, 1.807) is 27.7 Å². The van der Waals surface area contributed by atoms with Crippen LogP contribution in [0.5, 0.6) is 5.75 Å². The molecular weight excluding hydrogens is 449 g/mol. The number of carbonyl (C=O) groups excluding carboxylic acids is 3. The molecule has 1 aromatic rings. The third kappa shape index (κ3) is 7.66. The summed E-state index contributed by atoms with van der Waals surface area (Å²) in [5.41, 5.74) is -0.736. The molecule has 0 aromatic carbocycles. The van der Waals surface area contributed by atoms with Gasteiger partial charge in [0.25, 0.3) is 0 Å². The van der Waals surface area contributed by atoms with Crippen LogP contribution in [0.1, 0.15) is 34.1 Å². The average Bonchev–Trinajstić information content (AvgIpc) is 2.67. The number of aromatic nitrogens is 1. The molecule has 1 N–H and O–H groups in total. The van der Waals surface area contributed by atoms with Gasteiger partial charge in [-0.25, -0.2) is 19.0 Å². The molecule has 1 aliphatic rings. The predicted molar refractivity (Wildman–Crippen MR) is 111 cm³/mol. The van der Waals surface area contributed by atoms with Crippen LogP contribution in [-0.4, -0.2) is 67.8 Å². The molecule has 1 saturated heterocycles. The molecule has 0 saturated carbocycles. The van der Waals surface area contributed by atoms with E-state index < -0.39 is 44.4 Å². The van der Waals surface area contributed by atoms with Crippen molar-refractivity contribution in [1.29, 1.82) is 0 Å². The lowest BCUT2D eigenvalue weighted by atomic mass is 10.2. The minimum absolute atomic E-state index is 0.0654. The van der Waals surface area contributed by atoms with Crippen LogP contribution in [-0.2, 0) is 19.1 Å². The van der Waals surface area contributed by atoms with Gasteiger partial charge in [-0.1, -0.05) is 11.6 Å². The van der Waals surface area contributed by atoms with Crippen molar-refractivity contribution in [3.63, 3.8) is 0 Å². The molecule has 2 heterocycles. The minimum atomic E-state index is -1.57. The van der Waals surface area contributed by atoms with Gasteiger partial charge in [0, 0.05) is 12.2 Å². The number of amides is 2. The Morgan fingerprint density at radius 2 is 2.10 bits per heavy atom. The lowest BCUT2D eigenvalue weighted by Crippen LogP contribution is -2.59. The summed E-state index contributed by atoms with van der Waals surface area (Å²) in [5, 5.41) is -0.289. The summed E-state index contributed by atoms with van der Waals surface area (Å²) < 4.78 is 29.2. The molecule has 1 radical (unpaired) electrons. The van der Waals surface area contributed by atoms with Gasteiger partial charge in [0.1, 0.15) is 17.4 Å². The van der Waals surface area contributed by atoms with Crippen molar-refractivity contribution in [2.24, 2.45) is 0 Å². The van der Waals surface area contributed by atoms with E-state index in [1.165, 1.54) is 11.1 Å². The molecule has 1 fully saturated rings. The molecule has 31 heavy (non-hydrogen) atoms. The van der Waals surface area contributed by atoms with Gasteiger partial charge in [-0.2, -0.15) is 0 Å². The molecule has 0 aliphatic carbocycles. The van der Waals surface area contributed by atoms with E-state index in [9.17, 15) is 18.8 Å². The Labute approximate surface area is 186 Å². The summed E-state index contributed by atoms with van der Waals surface area (Å²) in [6.07, 6.45) is 1.09. The molecule has 1 aromatic heterocycles. The SMILES string of the molecule is CCOC(=O)[C@H]1CC[Si](NC(=O)COc2cnc(Cl)c(F)c2)CN1C(=O)OC(C)(C)C. The summed E-state index contributed by atoms with van der Waals surface area (Å²) in [6, 6.07) is 0.821. The molecule has 0 unspecified atom stereocenters. The van der Waals surface area contributed by atoms with Crippen LogP contribution < -0.4 is 9.72 Å². The van der Waals surface area contributed by atoms with E-state index in [1.807, 2.05) is 0 Å². The number of rotatable bonds is 6. The molecular formula is C19H26ClFN3O6Si. The number of esters is 1. The fourth-order valence-corrected chi connectivity index (χ4v) is 5.14. The van der Waals surface area contributed by atoms with Gasteiger partial charge in [-0.05, 0) is 40.2 Å². The van der Waals surface area contributed by atoms with E-state index in [0.29, 0.717) is 12.5 Å². The van der Waals surface area contributed by atoms with E-state index in [-0.39, 0.29) is 30.3 Å². The lowest BCUT2D eigenvalue weighted by molar-refractivity contribution is -0.149. The normalized spacial score (nSPS) is 17.1. The first-order valence-electron chi connectivity index (χ1n) is 9.74. The average molecular weight is 475 g/mol. The zero-order chi connectivity index (χ0) is 23.2. The quantitative estimate of drug-likeness (QED) is 0.383. The van der Waals surface area contributed by atoms with Gasteiger partial charge in [0.05, 0.1) is 12.8 Å². The molecule has 2 rings (SSSR count). The third-order valence-corrected chi connectivity index (χ3v) is 6.63. The van der Waals surface area contributed by atoms with E-state index in [4.69, 9.17) is 25.8 Å². The van der Waals surface area contributed by atoms with Gasteiger partial charge >= 0.3 is 12.1 Å². The molecule has 0 spiro atoms. The second-order valence-corrected chi connectivity index (χ2v) is 10.4. The molecule has 1 aliphatic heterocycles. The molecule has 9 nitrogen and oxygen atoms in total. The summed E-state index contributed by atoms with van der Waals surface area (Å²) in [7, 11) is -1.57. The Morgan fingerprint density at radius 1 is 1.39 bits per heavy atom. The van der Waals surface area contributed by atoms with Crippen LogP contribution in [0, 0.1) is 5.82 Å². The second kappa shape index (κ2) is 10.8. The Hall–Kier alpha value is -2.40. The largest absolute Gasteiger partial charge is 0.482 e. The summed E-state index contributed by atoms with van der Waals surface area (Å²) in [6.45, 7) is 6.72. The van der Waals surface area contributed by atoms with Gasteiger partial charge in [0.2, 0.25) is 5.91 Å².